The second-order valence-electron chi connectivity index (χ2n) is 10.7. The number of rotatable bonds is 7. The molecule has 1 heterocycles. The Morgan fingerprint density at radius 2 is 1.82 bits per heavy atom. The van der Waals surface area contributed by atoms with E-state index in [-0.39, 0.29) is 23.8 Å². The number of aromatic nitrogens is 2. The molecule has 0 radical (unpaired) electrons. The molecule has 40 heavy (non-hydrogen) atoms. The summed E-state index contributed by atoms with van der Waals surface area (Å²) in [5.41, 5.74) is 8.25. The Labute approximate surface area is 239 Å². The van der Waals surface area contributed by atoms with Crippen LogP contribution in [0, 0.1) is 11.7 Å². The number of nitrogens with zero attached hydrogens (tertiary/aromatic N) is 2. The fourth-order valence-corrected chi connectivity index (χ4v) is 6.61. The van der Waals surface area contributed by atoms with Crippen molar-refractivity contribution in [1.82, 2.24) is 20.4 Å². The molecule has 2 amide bonds. The van der Waals surface area contributed by atoms with Crippen molar-refractivity contribution in [3.05, 3.63) is 129 Å². The molecule has 1 aromatic heterocycles. The summed E-state index contributed by atoms with van der Waals surface area (Å²) in [6.45, 7) is 2.63. The zero-order valence-corrected chi connectivity index (χ0v) is 23.2. The molecule has 0 aliphatic heterocycles. The van der Waals surface area contributed by atoms with Crippen molar-refractivity contribution in [2.24, 2.45) is 5.92 Å². The topological polar surface area (TPSA) is 59.0 Å². The predicted octanol–water partition coefficient (Wildman–Crippen LogP) is 7.66. The Bertz CT molecular complexity index is 1550. The van der Waals surface area contributed by atoms with Crippen LogP contribution in [0.4, 0.5) is 9.18 Å². The van der Waals surface area contributed by atoms with Crippen LogP contribution in [0.2, 0.25) is 5.02 Å². The lowest BCUT2D eigenvalue weighted by atomic mass is 9.78. The van der Waals surface area contributed by atoms with Gasteiger partial charge < -0.3 is 10.6 Å². The molecule has 6 rings (SSSR count). The van der Waals surface area contributed by atoms with Gasteiger partial charge in [0.15, 0.2) is 0 Å². The SMILES string of the molecule is C[C@@H]1C2=C(CC[C@@H]2CC(NC(=O)NCc2ccccc2Cl)c2ccccc2)Cc2c1cnn2-c1ccc(F)cc1. The monoisotopic (exact) mass is 554 g/mol. The third-order valence-corrected chi connectivity index (χ3v) is 8.72. The first-order chi connectivity index (χ1) is 19.5. The summed E-state index contributed by atoms with van der Waals surface area (Å²) in [5.74, 6) is 0.355. The number of hydrogen-bond donors (Lipinski definition) is 2. The van der Waals surface area contributed by atoms with Gasteiger partial charge in [0, 0.05) is 29.5 Å². The largest absolute Gasteiger partial charge is 0.334 e. The van der Waals surface area contributed by atoms with Crippen LogP contribution in [0.25, 0.3) is 5.69 Å². The van der Waals surface area contributed by atoms with Gasteiger partial charge in [-0.05, 0) is 66.6 Å². The molecule has 1 unspecified atom stereocenters. The Hall–Kier alpha value is -3.90. The average molecular weight is 555 g/mol. The van der Waals surface area contributed by atoms with E-state index in [0.717, 1.165) is 42.5 Å². The summed E-state index contributed by atoms with van der Waals surface area (Å²) >= 11 is 6.28. The summed E-state index contributed by atoms with van der Waals surface area (Å²) in [6.07, 6.45) is 5.75. The molecule has 0 spiro atoms. The number of amides is 2. The minimum atomic E-state index is -0.249. The van der Waals surface area contributed by atoms with Crippen molar-refractivity contribution in [1.29, 1.82) is 0 Å². The van der Waals surface area contributed by atoms with E-state index in [1.165, 1.54) is 34.5 Å². The Balaban J connectivity index is 1.20. The number of fused-ring (bicyclic) bond motifs is 1. The average Bonchev–Trinajstić information content (AvgIpc) is 3.58. The molecule has 0 fully saturated rings. The van der Waals surface area contributed by atoms with E-state index in [4.69, 9.17) is 16.7 Å². The van der Waals surface area contributed by atoms with Crippen LogP contribution in [0.1, 0.15) is 60.5 Å². The lowest BCUT2D eigenvalue weighted by Gasteiger charge is -2.30. The van der Waals surface area contributed by atoms with Crippen LogP contribution in [0.15, 0.2) is 96.2 Å². The van der Waals surface area contributed by atoms with Gasteiger partial charge in [-0.3, -0.25) is 0 Å². The van der Waals surface area contributed by atoms with E-state index in [9.17, 15) is 9.18 Å². The quantitative estimate of drug-likeness (QED) is 0.230. The van der Waals surface area contributed by atoms with Crippen LogP contribution < -0.4 is 10.6 Å². The molecule has 204 valence electrons. The van der Waals surface area contributed by atoms with E-state index >= 15 is 0 Å². The number of allylic oxidation sites excluding steroid dienone is 2. The zero-order valence-electron chi connectivity index (χ0n) is 22.4. The summed E-state index contributed by atoms with van der Waals surface area (Å²) in [7, 11) is 0. The summed E-state index contributed by atoms with van der Waals surface area (Å²) in [5, 5.41) is 11.6. The maximum atomic E-state index is 13.5. The van der Waals surface area contributed by atoms with Crippen LogP contribution in [-0.4, -0.2) is 15.8 Å². The molecule has 2 aliphatic carbocycles. The highest BCUT2D eigenvalue weighted by atomic mass is 35.5. The molecule has 3 atom stereocenters. The number of carbonyl (C=O) groups excluding carboxylic acids is 1. The van der Waals surface area contributed by atoms with Crippen molar-refractivity contribution in [3.63, 3.8) is 0 Å². The van der Waals surface area contributed by atoms with Crippen molar-refractivity contribution in [2.45, 2.75) is 51.1 Å². The highest BCUT2D eigenvalue weighted by Gasteiger charge is 2.37. The van der Waals surface area contributed by atoms with Crippen molar-refractivity contribution < 1.29 is 9.18 Å². The molecule has 0 saturated heterocycles. The Morgan fingerprint density at radius 1 is 1.07 bits per heavy atom. The molecular weight excluding hydrogens is 523 g/mol. The smallest absolute Gasteiger partial charge is 0.315 e. The number of hydrogen-bond acceptors (Lipinski definition) is 2. The number of urea groups is 1. The fourth-order valence-electron chi connectivity index (χ4n) is 6.41. The standard InChI is InChI=1S/C33H32ClFN4O/c1-21-28-20-37-39(27-15-13-26(35)14-16-27)31(28)18-24-12-11-23(32(21)24)17-30(22-7-3-2-4-8-22)38-33(40)36-19-25-9-5-6-10-29(25)34/h2-10,13-16,20-21,23,30H,11-12,17-19H2,1H3,(H2,36,38,40)/t21-,23+,30?/m0/s1. The molecule has 3 aromatic carbocycles. The maximum Gasteiger partial charge on any atom is 0.315 e. The van der Waals surface area contributed by atoms with Gasteiger partial charge in [-0.1, -0.05) is 78.2 Å². The number of nitrogens with one attached hydrogen (secondary N) is 2. The highest BCUT2D eigenvalue weighted by Crippen LogP contribution is 2.49. The first-order valence-corrected chi connectivity index (χ1v) is 14.2. The molecule has 5 nitrogen and oxygen atoms in total. The van der Waals surface area contributed by atoms with Crippen LogP contribution >= 0.6 is 11.6 Å². The van der Waals surface area contributed by atoms with Gasteiger partial charge in [0.1, 0.15) is 5.82 Å². The summed E-state index contributed by atoms with van der Waals surface area (Å²) in [6, 6.07) is 23.9. The molecule has 7 heteroatoms. The molecule has 0 saturated carbocycles. The minimum absolute atomic E-state index is 0.125. The van der Waals surface area contributed by atoms with Gasteiger partial charge in [0.05, 0.1) is 23.6 Å². The normalized spacial score (nSPS) is 18.7. The summed E-state index contributed by atoms with van der Waals surface area (Å²) in [4.78, 5) is 13.0. The van der Waals surface area contributed by atoms with E-state index in [1.807, 2.05) is 53.3 Å². The minimum Gasteiger partial charge on any atom is -0.334 e. The number of halogens is 2. The van der Waals surface area contributed by atoms with Crippen molar-refractivity contribution in [3.8, 4) is 5.69 Å². The van der Waals surface area contributed by atoms with Crippen LogP contribution in [0.5, 0.6) is 0 Å². The maximum absolute atomic E-state index is 13.5. The number of carbonyl (C=O) groups is 1. The second-order valence-corrected chi connectivity index (χ2v) is 11.2. The third kappa shape index (κ3) is 5.28. The lowest BCUT2D eigenvalue weighted by molar-refractivity contribution is 0.234. The van der Waals surface area contributed by atoms with Gasteiger partial charge in [-0.25, -0.2) is 13.9 Å². The first kappa shape index (κ1) is 26.3. The fraction of sp³-hybridized carbons (Fsp3) is 0.273. The Morgan fingerprint density at radius 3 is 2.60 bits per heavy atom. The highest BCUT2D eigenvalue weighted by molar-refractivity contribution is 6.31. The Kier molecular flexibility index (Phi) is 7.44. The zero-order chi connectivity index (χ0) is 27.6. The van der Waals surface area contributed by atoms with Gasteiger partial charge >= 0.3 is 6.03 Å². The van der Waals surface area contributed by atoms with Gasteiger partial charge in [0.25, 0.3) is 0 Å². The molecule has 4 aromatic rings. The lowest BCUT2D eigenvalue weighted by Crippen LogP contribution is -2.38. The first-order valence-electron chi connectivity index (χ1n) is 13.8. The van der Waals surface area contributed by atoms with Gasteiger partial charge in [0.2, 0.25) is 0 Å². The molecule has 0 bridgehead atoms. The van der Waals surface area contributed by atoms with E-state index in [2.05, 4.69) is 29.7 Å². The van der Waals surface area contributed by atoms with E-state index in [1.54, 1.807) is 12.1 Å². The van der Waals surface area contributed by atoms with Crippen LogP contribution in [0.3, 0.4) is 0 Å². The molecule has 2 N–H and O–H groups in total. The predicted molar refractivity (Wildman–Crippen MR) is 156 cm³/mol. The van der Waals surface area contributed by atoms with E-state index in [0.29, 0.717) is 17.5 Å². The number of benzene rings is 3. The summed E-state index contributed by atoms with van der Waals surface area (Å²) < 4.78 is 15.5. The van der Waals surface area contributed by atoms with Gasteiger partial charge in [-0.2, -0.15) is 5.10 Å². The second kappa shape index (κ2) is 11.3. The van der Waals surface area contributed by atoms with E-state index < -0.39 is 0 Å². The molecular formula is C33H32ClFN4O. The van der Waals surface area contributed by atoms with Crippen LogP contribution in [-0.2, 0) is 13.0 Å². The van der Waals surface area contributed by atoms with Crippen molar-refractivity contribution in [2.75, 3.05) is 0 Å². The molecule has 2 aliphatic rings. The third-order valence-electron chi connectivity index (χ3n) is 8.35. The van der Waals surface area contributed by atoms with Gasteiger partial charge in [-0.15, -0.1) is 0 Å². The van der Waals surface area contributed by atoms with Crippen molar-refractivity contribution >= 4 is 17.6 Å².